The van der Waals surface area contributed by atoms with Gasteiger partial charge in [-0.25, -0.2) is 0 Å². The van der Waals surface area contributed by atoms with Crippen LogP contribution < -0.4 is 5.32 Å². The summed E-state index contributed by atoms with van der Waals surface area (Å²) >= 11 is 0. The number of nitrogens with one attached hydrogen (secondary N) is 1. The van der Waals surface area contributed by atoms with Crippen LogP contribution in [0.2, 0.25) is 0 Å². The molecule has 2 fully saturated rings. The van der Waals surface area contributed by atoms with Gasteiger partial charge in [0.05, 0.1) is 0 Å². The summed E-state index contributed by atoms with van der Waals surface area (Å²) in [5.41, 5.74) is 0.570. The standard InChI is InChI=1S/C17H34N2/c1-17(2)10-7-12-19(13-11-17)14-15-8-5-4-6-9-16(15)18-3/h15-16,18H,4-14H2,1-3H3. The lowest BCUT2D eigenvalue weighted by Gasteiger charge is -2.31. The van der Waals surface area contributed by atoms with E-state index in [9.17, 15) is 0 Å². The summed E-state index contributed by atoms with van der Waals surface area (Å²) in [5, 5.41) is 3.59. The molecule has 2 rings (SSSR count). The fourth-order valence-electron chi connectivity index (χ4n) is 3.98. The molecule has 2 atom stereocenters. The molecule has 0 aromatic heterocycles. The van der Waals surface area contributed by atoms with Gasteiger partial charge in [-0.15, -0.1) is 0 Å². The van der Waals surface area contributed by atoms with Crippen molar-refractivity contribution >= 4 is 0 Å². The third kappa shape index (κ3) is 4.75. The Labute approximate surface area is 120 Å². The van der Waals surface area contributed by atoms with Gasteiger partial charge in [0.15, 0.2) is 0 Å². The molecule has 0 bridgehead atoms. The summed E-state index contributed by atoms with van der Waals surface area (Å²) in [5.74, 6) is 0.883. The molecule has 0 radical (unpaired) electrons. The van der Waals surface area contributed by atoms with Gasteiger partial charge in [-0.2, -0.15) is 0 Å². The molecule has 112 valence electrons. The lowest BCUT2D eigenvalue weighted by atomic mass is 9.85. The maximum atomic E-state index is 3.59. The predicted molar refractivity (Wildman–Crippen MR) is 83.5 cm³/mol. The second-order valence-corrected chi connectivity index (χ2v) is 7.61. The van der Waals surface area contributed by atoms with E-state index in [0.717, 1.165) is 12.0 Å². The van der Waals surface area contributed by atoms with E-state index in [-0.39, 0.29) is 0 Å². The summed E-state index contributed by atoms with van der Waals surface area (Å²) in [6.07, 6.45) is 11.3. The molecule has 1 saturated heterocycles. The third-order valence-electron chi connectivity index (χ3n) is 5.46. The fourth-order valence-corrected chi connectivity index (χ4v) is 3.98. The van der Waals surface area contributed by atoms with Gasteiger partial charge < -0.3 is 10.2 Å². The topological polar surface area (TPSA) is 15.3 Å². The zero-order valence-corrected chi connectivity index (χ0v) is 13.4. The van der Waals surface area contributed by atoms with Crippen LogP contribution in [0.25, 0.3) is 0 Å². The zero-order chi connectivity index (χ0) is 13.7. The highest BCUT2D eigenvalue weighted by atomic mass is 15.1. The zero-order valence-electron chi connectivity index (χ0n) is 13.4. The number of hydrogen-bond acceptors (Lipinski definition) is 2. The van der Waals surface area contributed by atoms with Crippen molar-refractivity contribution in [3.8, 4) is 0 Å². The van der Waals surface area contributed by atoms with Crippen LogP contribution >= 0.6 is 0 Å². The molecule has 1 N–H and O–H groups in total. The number of hydrogen-bond donors (Lipinski definition) is 1. The minimum atomic E-state index is 0.570. The van der Waals surface area contributed by atoms with Gasteiger partial charge in [0.25, 0.3) is 0 Å². The van der Waals surface area contributed by atoms with Crippen LogP contribution in [0.3, 0.4) is 0 Å². The molecule has 2 nitrogen and oxygen atoms in total. The van der Waals surface area contributed by atoms with Gasteiger partial charge >= 0.3 is 0 Å². The summed E-state index contributed by atoms with van der Waals surface area (Å²) in [6, 6.07) is 0.763. The van der Waals surface area contributed by atoms with Gasteiger partial charge in [0.2, 0.25) is 0 Å². The second-order valence-electron chi connectivity index (χ2n) is 7.61. The van der Waals surface area contributed by atoms with Crippen LogP contribution in [0.1, 0.15) is 65.2 Å². The summed E-state index contributed by atoms with van der Waals surface area (Å²) in [4.78, 5) is 2.76. The molecule has 2 unspecified atom stereocenters. The van der Waals surface area contributed by atoms with E-state index in [1.165, 1.54) is 71.0 Å². The molecule has 0 aromatic carbocycles. The molecular weight excluding hydrogens is 232 g/mol. The quantitative estimate of drug-likeness (QED) is 0.784. The minimum Gasteiger partial charge on any atom is -0.317 e. The molecule has 2 heteroatoms. The first-order valence-electron chi connectivity index (χ1n) is 8.50. The first-order valence-corrected chi connectivity index (χ1v) is 8.50. The first kappa shape index (κ1) is 15.3. The van der Waals surface area contributed by atoms with E-state index >= 15 is 0 Å². The van der Waals surface area contributed by atoms with Gasteiger partial charge in [-0.1, -0.05) is 33.1 Å². The van der Waals surface area contributed by atoms with Gasteiger partial charge in [-0.3, -0.25) is 0 Å². The lowest BCUT2D eigenvalue weighted by Crippen LogP contribution is -2.41. The highest BCUT2D eigenvalue weighted by Gasteiger charge is 2.27. The molecule has 0 aromatic rings. The Balaban J connectivity index is 1.87. The average Bonchev–Trinajstić information content (AvgIpc) is 2.69. The molecule has 1 saturated carbocycles. The maximum absolute atomic E-state index is 3.59. The highest BCUT2D eigenvalue weighted by molar-refractivity contribution is 4.83. The molecule has 1 aliphatic carbocycles. The van der Waals surface area contributed by atoms with Crippen molar-refractivity contribution in [2.24, 2.45) is 11.3 Å². The Morgan fingerprint density at radius 1 is 1.00 bits per heavy atom. The maximum Gasteiger partial charge on any atom is 0.0104 e. The van der Waals surface area contributed by atoms with Crippen molar-refractivity contribution in [1.29, 1.82) is 0 Å². The van der Waals surface area contributed by atoms with Gasteiger partial charge in [-0.05, 0) is 63.6 Å². The van der Waals surface area contributed by atoms with Crippen LogP contribution in [-0.4, -0.2) is 37.6 Å². The molecule has 0 spiro atoms. The Kier molecular flexibility index (Phi) is 5.70. The first-order chi connectivity index (χ1) is 9.11. The smallest absolute Gasteiger partial charge is 0.0104 e. The molecule has 1 heterocycles. The Morgan fingerprint density at radius 3 is 2.58 bits per heavy atom. The summed E-state index contributed by atoms with van der Waals surface area (Å²) < 4.78 is 0. The van der Waals surface area contributed by atoms with Crippen LogP contribution in [0.4, 0.5) is 0 Å². The SMILES string of the molecule is CNC1CCCCCC1CN1CCCC(C)(C)CC1. The summed E-state index contributed by atoms with van der Waals surface area (Å²) in [7, 11) is 2.16. The van der Waals surface area contributed by atoms with Crippen LogP contribution in [0.15, 0.2) is 0 Å². The largest absolute Gasteiger partial charge is 0.317 e. The van der Waals surface area contributed by atoms with Crippen LogP contribution in [0, 0.1) is 11.3 Å². The molecule has 0 amide bonds. The number of likely N-dealkylation sites (tertiary alicyclic amines) is 1. The molecular formula is C17H34N2. The van der Waals surface area contributed by atoms with Crippen molar-refractivity contribution < 1.29 is 0 Å². The van der Waals surface area contributed by atoms with E-state index in [0.29, 0.717) is 5.41 Å². The second kappa shape index (κ2) is 7.08. The molecule has 2 aliphatic rings. The highest BCUT2D eigenvalue weighted by Crippen LogP contribution is 2.31. The predicted octanol–water partition coefficient (Wildman–Crippen LogP) is 3.67. The molecule has 19 heavy (non-hydrogen) atoms. The lowest BCUT2D eigenvalue weighted by molar-refractivity contribution is 0.196. The fraction of sp³-hybridized carbons (Fsp3) is 1.00. The van der Waals surface area contributed by atoms with E-state index < -0.39 is 0 Å². The van der Waals surface area contributed by atoms with Gasteiger partial charge in [0, 0.05) is 12.6 Å². The van der Waals surface area contributed by atoms with E-state index in [1.54, 1.807) is 0 Å². The van der Waals surface area contributed by atoms with Crippen molar-refractivity contribution in [1.82, 2.24) is 10.2 Å². The van der Waals surface area contributed by atoms with E-state index in [4.69, 9.17) is 0 Å². The molecule has 1 aliphatic heterocycles. The average molecular weight is 266 g/mol. The third-order valence-corrected chi connectivity index (χ3v) is 5.46. The minimum absolute atomic E-state index is 0.570. The van der Waals surface area contributed by atoms with Crippen molar-refractivity contribution in [2.75, 3.05) is 26.7 Å². The number of rotatable bonds is 3. The van der Waals surface area contributed by atoms with E-state index in [2.05, 4.69) is 31.1 Å². The van der Waals surface area contributed by atoms with Crippen molar-refractivity contribution in [3.63, 3.8) is 0 Å². The monoisotopic (exact) mass is 266 g/mol. The van der Waals surface area contributed by atoms with E-state index in [1.807, 2.05) is 0 Å². The van der Waals surface area contributed by atoms with Gasteiger partial charge in [0.1, 0.15) is 0 Å². The van der Waals surface area contributed by atoms with Crippen molar-refractivity contribution in [2.45, 2.75) is 71.3 Å². The number of nitrogens with zero attached hydrogens (tertiary/aromatic N) is 1. The Hall–Kier alpha value is -0.0800. The summed E-state index contributed by atoms with van der Waals surface area (Å²) in [6.45, 7) is 8.87. The Bertz CT molecular complexity index is 262. The Morgan fingerprint density at radius 2 is 1.79 bits per heavy atom. The van der Waals surface area contributed by atoms with Crippen LogP contribution in [0.5, 0.6) is 0 Å². The normalized spacial score (nSPS) is 33.6. The van der Waals surface area contributed by atoms with Crippen molar-refractivity contribution in [3.05, 3.63) is 0 Å². The van der Waals surface area contributed by atoms with Crippen LogP contribution in [-0.2, 0) is 0 Å².